The predicted octanol–water partition coefficient (Wildman–Crippen LogP) is -0.155. The highest BCUT2D eigenvalue weighted by molar-refractivity contribution is 5.75. The summed E-state index contributed by atoms with van der Waals surface area (Å²) < 4.78 is 9.29. The first-order valence-corrected chi connectivity index (χ1v) is 4.88. The monoisotopic (exact) mass is 241 g/mol. The van der Waals surface area contributed by atoms with Crippen molar-refractivity contribution >= 4 is 11.7 Å². The van der Waals surface area contributed by atoms with Crippen LogP contribution in [0.2, 0.25) is 0 Å². The van der Waals surface area contributed by atoms with Crippen LogP contribution >= 0.6 is 0 Å². The fourth-order valence-electron chi connectivity index (χ4n) is 1.37. The fraction of sp³-hybridized carbons (Fsp3) is 0.364. The van der Waals surface area contributed by atoms with Gasteiger partial charge in [-0.3, -0.25) is 0 Å². The van der Waals surface area contributed by atoms with Gasteiger partial charge < -0.3 is 25.4 Å². The molecule has 4 N–H and O–H groups in total. The fourth-order valence-corrected chi connectivity index (χ4v) is 1.37. The van der Waals surface area contributed by atoms with E-state index in [1.165, 1.54) is 19.2 Å². The Morgan fingerprint density at radius 3 is 2.47 bits per heavy atom. The number of carbonyl (C=O) groups excluding carboxylic acids is 1. The summed E-state index contributed by atoms with van der Waals surface area (Å²) in [5, 5.41) is 19.3. The Kier molecular flexibility index (Phi) is 4.30. The molecule has 94 valence electrons. The molecule has 0 spiro atoms. The van der Waals surface area contributed by atoms with E-state index in [2.05, 4.69) is 4.74 Å². The minimum Gasteiger partial charge on any atom is -0.497 e. The SMILES string of the molecule is COC(=O)C(O)C(O)c1cc(N)cc(OC)c1. The zero-order chi connectivity index (χ0) is 13.0. The number of hydrogen-bond donors (Lipinski definition) is 3. The number of nitrogen functional groups attached to an aromatic ring is 1. The van der Waals surface area contributed by atoms with Gasteiger partial charge in [0.25, 0.3) is 0 Å². The first-order valence-electron chi connectivity index (χ1n) is 4.88. The Hall–Kier alpha value is -1.79. The largest absolute Gasteiger partial charge is 0.497 e. The lowest BCUT2D eigenvalue weighted by molar-refractivity contribution is -0.156. The number of esters is 1. The molecule has 0 aliphatic carbocycles. The molecule has 1 aromatic rings. The standard InChI is InChI=1S/C11H15NO5/c1-16-8-4-6(3-7(12)5-8)9(13)10(14)11(15)17-2/h3-5,9-10,13-14H,12H2,1-2H3. The maximum absolute atomic E-state index is 11.1. The van der Waals surface area contributed by atoms with Crippen LogP contribution in [0.4, 0.5) is 5.69 Å². The van der Waals surface area contributed by atoms with Gasteiger partial charge in [0.05, 0.1) is 14.2 Å². The third-order valence-electron chi connectivity index (χ3n) is 2.27. The van der Waals surface area contributed by atoms with Crippen LogP contribution in [0.25, 0.3) is 0 Å². The minimum atomic E-state index is -1.66. The van der Waals surface area contributed by atoms with E-state index in [9.17, 15) is 15.0 Å². The zero-order valence-corrected chi connectivity index (χ0v) is 9.58. The van der Waals surface area contributed by atoms with Crippen LogP contribution in [0.15, 0.2) is 18.2 Å². The van der Waals surface area contributed by atoms with Crippen molar-refractivity contribution in [2.24, 2.45) is 0 Å². The summed E-state index contributed by atoms with van der Waals surface area (Å²) in [5.74, 6) is -0.491. The highest BCUT2D eigenvalue weighted by atomic mass is 16.5. The number of nitrogens with two attached hydrogens (primary N) is 1. The van der Waals surface area contributed by atoms with Gasteiger partial charge >= 0.3 is 5.97 Å². The molecule has 1 aromatic carbocycles. The van der Waals surface area contributed by atoms with Gasteiger partial charge in [-0.2, -0.15) is 0 Å². The van der Waals surface area contributed by atoms with Gasteiger partial charge in [-0.15, -0.1) is 0 Å². The average molecular weight is 241 g/mol. The number of aliphatic hydroxyl groups excluding tert-OH is 2. The van der Waals surface area contributed by atoms with E-state index in [4.69, 9.17) is 10.5 Å². The second-order valence-electron chi connectivity index (χ2n) is 3.45. The quantitative estimate of drug-likeness (QED) is 0.500. The molecule has 0 radical (unpaired) electrons. The summed E-state index contributed by atoms with van der Waals surface area (Å²) in [6.45, 7) is 0. The van der Waals surface area contributed by atoms with Crippen LogP contribution in [-0.2, 0) is 9.53 Å². The van der Waals surface area contributed by atoms with E-state index in [-0.39, 0.29) is 5.56 Å². The van der Waals surface area contributed by atoms with Crippen LogP contribution in [0, 0.1) is 0 Å². The molecule has 0 saturated carbocycles. The lowest BCUT2D eigenvalue weighted by atomic mass is 10.0. The van der Waals surface area contributed by atoms with E-state index in [1.807, 2.05) is 0 Å². The van der Waals surface area contributed by atoms with E-state index in [0.29, 0.717) is 11.4 Å². The first-order chi connectivity index (χ1) is 7.99. The van der Waals surface area contributed by atoms with Gasteiger partial charge in [0.1, 0.15) is 11.9 Å². The summed E-state index contributed by atoms with van der Waals surface area (Å²) in [6.07, 6.45) is -3.08. The molecule has 1 rings (SSSR count). The average Bonchev–Trinajstić information content (AvgIpc) is 2.35. The van der Waals surface area contributed by atoms with Crippen LogP contribution in [0.1, 0.15) is 11.7 Å². The van der Waals surface area contributed by atoms with Gasteiger partial charge in [-0.1, -0.05) is 0 Å². The number of methoxy groups -OCH3 is 2. The van der Waals surface area contributed by atoms with Gasteiger partial charge in [0.15, 0.2) is 6.10 Å². The predicted molar refractivity (Wildman–Crippen MR) is 60.4 cm³/mol. The molecule has 0 aliphatic heterocycles. The molecule has 0 bridgehead atoms. The molecular weight excluding hydrogens is 226 g/mol. The molecule has 0 amide bonds. The number of carbonyl (C=O) groups is 1. The molecular formula is C11H15NO5. The molecule has 17 heavy (non-hydrogen) atoms. The maximum Gasteiger partial charge on any atom is 0.337 e. The van der Waals surface area contributed by atoms with Crippen LogP contribution in [-0.4, -0.2) is 36.5 Å². The van der Waals surface area contributed by atoms with Gasteiger partial charge in [0.2, 0.25) is 0 Å². The third kappa shape index (κ3) is 3.08. The lowest BCUT2D eigenvalue weighted by Gasteiger charge is -2.17. The number of ether oxygens (including phenoxy) is 2. The van der Waals surface area contributed by atoms with Gasteiger partial charge in [-0.25, -0.2) is 4.79 Å². The zero-order valence-electron chi connectivity index (χ0n) is 9.58. The van der Waals surface area contributed by atoms with Gasteiger partial charge in [-0.05, 0) is 17.7 Å². The highest BCUT2D eigenvalue weighted by Gasteiger charge is 2.26. The van der Waals surface area contributed by atoms with Crippen molar-refractivity contribution in [1.82, 2.24) is 0 Å². The summed E-state index contributed by atoms with van der Waals surface area (Å²) in [4.78, 5) is 11.1. The molecule has 0 heterocycles. The van der Waals surface area contributed by atoms with E-state index in [1.54, 1.807) is 6.07 Å². The Morgan fingerprint density at radius 1 is 1.29 bits per heavy atom. The second-order valence-corrected chi connectivity index (χ2v) is 3.45. The van der Waals surface area contributed by atoms with E-state index >= 15 is 0 Å². The molecule has 0 aliphatic rings. The summed E-state index contributed by atoms with van der Waals surface area (Å²) in [6, 6.07) is 4.48. The number of aliphatic hydroxyl groups is 2. The van der Waals surface area contributed by atoms with Crippen LogP contribution < -0.4 is 10.5 Å². The van der Waals surface area contributed by atoms with Crippen molar-refractivity contribution in [3.05, 3.63) is 23.8 Å². The van der Waals surface area contributed by atoms with Crippen molar-refractivity contribution in [1.29, 1.82) is 0 Å². The smallest absolute Gasteiger partial charge is 0.337 e. The molecule has 0 saturated heterocycles. The first kappa shape index (κ1) is 13.3. The summed E-state index contributed by atoms with van der Waals surface area (Å²) in [5.41, 5.74) is 6.23. The highest BCUT2D eigenvalue weighted by Crippen LogP contribution is 2.25. The number of benzene rings is 1. The van der Waals surface area contributed by atoms with Crippen molar-refractivity contribution in [3.8, 4) is 5.75 Å². The summed E-state index contributed by atoms with van der Waals surface area (Å²) in [7, 11) is 2.57. The van der Waals surface area contributed by atoms with Crippen molar-refractivity contribution in [2.75, 3.05) is 20.0 Å². The lowest BCUT2D eigenvalue weighted by Crippen LogP contribution is -2.29. The maximum atomic E-state index is 11.1. The van der Waals surface area contributed by atoms with Crippen LogP contribution in [0.5, 0.6) is 5.75 Å². The number of anilines is 1. The second kappa shape index (κ2) is 5.51. The van der Waals surface area contributed by atoms with Crippen molar-refractivity contribution in [2.45, 2.75) is 12.2 Å². The number of rotatable bonds is 4. The van der Waals surface area contributed by atoms with E-state index in [0.717, 1.165) is 7.11 Å². The Morgan fingerprint density at radius 2 is 1.94 bits per heavy atom. The Bertz CT molecular complexity index is 407. The van der Waals surface area contributed by atoms with E-state index < -0.39 is 18.2 Å². The summed E-state index contributed by atoms with van der Waals surface area (Å²) >= 11 is 0. The molecule has 2 unspecified atom stereocenters. The third-order valence-corrected chi connectivity index (χ3v) is 2.27. The molecule has 6 heteroatoms. The molecule has 6 nitrogen and oxygen atoms in total. The van der Waals surface area contributed by atoms with Gasteiger partial charge in [0, 0.05) is 11.8 Å². The van der Waals surface area contributed by atoms with Crippen LogP contribution in [0.3, 0.4) is 0 Å². The Balaban J connectivity index is 2.99. The normalized spacial score (nSPS) is 13.9. The molecule has 2 atom stereocenters. The topological polar surface area (TPSA) is 102 Å². The Labute approximate surface area is 98.6 Å². The van der Waals surface area contributed by atoms with Crippen molar-refractivity contribution in [3.63, 3.8) is 0 Å². The molecule has 0 aromatic heterocycles. The molecule has 0 fully saturated rings. The number of hydrogen-bond acceptors (Lipinski definition) is 6. The minimum absolute atomic E-state index is 0.278. The van der Waals surface area contributed by atoms with Crippen molar-refractivity contribution < 1.29 is 24.5 Å².